The third-order valence-corrected chi connectivity index (χ3v) is 7.24. The van der Waals surface area contributed by atoms with E-state index < -0.39 is 0 Å². The third-order valence-electron chi connectivity index (χ3n) is 7.24. The van der Waals surface area contributed by atoms with E-state index in [1.165, 1.54) is 21.9 Å². The number of carbonyl (C=O) groups is 1. The van der Waals surface area contributed by atoms with Gasteiger partial charge in [-0.3, -0.25) is 0 Å². The normalized spacial score (nSPS) is 16.0. The summed E-state index contributed by atoms with van der Waals surface area (Å²) >= 11 is 0. The van der Waals surface area contributed by atoms with Crippen LogP contribution in [0.5, 0.6) is 0 Å². The molecule has 2 amide bonds. The molecule has 1 fully saturated rings. The molecule has 1 aliphatic heterocycles. The maximum Gasteiger partial charge on any atom is 0.318 e. The van der Waals surface area contributed by atoms with E-state index in [9.17, 15) is 4.79 Å². The second kappa shape index (κ2) is 12.0. The van der Waals surface area contributed by atoms with Gasteiger partial charge in [0.15, 0.2) is 0 Å². The van der Waals surface area contributed by atoms with Gasteiger partial charge in [0.2, 0.25) is 0 Å². The fraction of sp³-hybridized carbons (Fsp3) is 0.281. The molecule has 3 N–H and O–H groups in total. The molecule has 0 bridgehead atoms. The summed E-state index contributed by atoms with van der Waals surface area (Å²) in [6, 6.07) is 33.8. The number of urea groups is 1. The average Bonchev–Trinajstić information content (AvgIpc) is 3.47. The Kier molecular flexibility index (Phi) is 8.14. The van der Waals surface area contributed by atoms with Crippen molar-refractivity contribution in [2.45, 2.75) is 45.1 Å². The number of nitrogens with zero attached hydrogens (tertiary/aromatic N) is 1. The molecule has 0 saturated carbocycles. The number of carbonyl (C=O) groups excluding carboxylic acids is 1. The maximum absolute atomic E-state index is 13.6. The van der Waals surface area contributed by atoms with Crippen LogP contribution in [0, 0.1) is 0 Å². The third kappa shape index (κ3) is 6.37. The molecule has 5 rings (SSSR count). The minimum absolute atomic E-state index is 0.0114. The SMILES string of the molecule is CC(NC(=O)N(Cc1ccc(CNCc2ccccc2)cc1)C1CCNC1)c1cccc2ccccc12. The van der Waals surface area contributed by atoms with Crippen LogP contribution in [0.25, 0.3) is 10.8 Å². The first kappa shape index (κ1) is 25.0. The first-order valence-corrected chi connectivity index (χ1v) is 13.3. The highest BCUT2D eigenvalue weighted by Crippen LogP contribution is 2.25. The Balaban J connectivity index is 1.23. The Morgan fingerprint density at radius 3 is 2.30 bits per heavy atom. The number of benzene rings is 4. The maximum atomic E-state index is 13.6. The van der Waals surface area contributed by atoms with Gasteiger partial charge in [-0.25, -0.2) is 4.79 Å². The molecular weight excluding hydrogens is 456 g/mol. The molecular formula is C32H36N4O. The lowest BCUT2D eigenvalue weighted by Crippen LogP contribution is -2.47. The zero-order chi connectivity index (χ0) is 25.5. The summed E-state index contributed by atoms with van der Waals surface area (Å²) in [4.78, 5) is 15.6. The van der Waals surface area contributed by atoms with Crippen LogP contribution in [0.3, 0.4) is 0 Å². The monoisotopic (exact) mass is 492 g/mol. The van der Waals surface area contributed by atoms with Gasteiger partial charge in [0.05, 0.1) is 6.04 Å². The fourth-order valence-corrected chi connectivity index (χ4v) is 5.15. The summed E-state index contributed by atoms with van der Waals surface area (Å²) in [5.74, 6) is 0. The number of hydrogen-bond acceptors (Lipinski definition) is 3. The fourth-order valence-electron chi connectivity index (χ4n) is 5.15. The van der Waals surface area contributed by atoms with Crippen LogP contribution >= 0.6 is 0 Å². The molecule has 37 heavy (non-hydrogen) atoms. The summed E-state index contributed by atoms with van der Waals surface area (Å²) in [7, 11) is 0. The first-order valence-electron chi connectivity index (χ1n) is 13.3. The van der Waals surface area contributed by atoms with Crippen molar-refractivity contribution in [2.24, 2.45) is 0 Å². The zero-order valence-corrected chi connectivity index (χ0v) is 21.5. The standard InChI is InChI=1S/C32H36N4O/c1-24(30-13-7-11-28-10-5-6-12-31(28)30)35-32(37)36(29-18-19-33-22-29)23-27-16-14-26(15-17-27)21-34-20-25-8-3-2-4-9-25/h2-17,24,29,33-34H,18-23H2,1H3,(H,35,37). The van der Waals surface area contributed by atoms with Crippen molar-refractivity contribution in [1.82, 2.24) is 20.9 Å². The Morgan fingerprint density at radius 2 is 1.54 bits per heavy atom. The first-order chi connectivity index (χ1) is 18.2. The zero-order valence-electron chi connectivity index (χ0n) is 21.5. The lowest BCUT2D eigenvalue weighted by Gasteiger charge is -2.30. The van der Waals surface area contributed by atoms with Crippen LogP contribution in [0.2, 0.25) is 0 Å². The molecule has 0 aliphatic carbocycles. The van der Waals surface area contributed by atoms with Gasteiger partial charge in [0.1, 0.15) is 0 Å². The van der Waals surface area contributed by atoms with Gasteiger partial charge in [0, 0.05) is 32.2 Å². The molecule has 1 aliphatic rings. The minimum atomic E-state index is -0.0893. The molecule has 5 heteroatoms. The van der Waals surface area contributed by atoms with E-state index in [-0.39, 0.29) is 18.1 Å². The van der Waals surface area contributed by atoms with E-state index in [2.05, 4.69) is 114 Å². The molecule has 1 heterocycles. The highest BCUT2D eigenvalue weighted by Gasteiger charge is 2.28. The quantitative estimate of drug-likeness (QED) is 0.278. The van der Waals surface area contributed by atoms with Gasteiger partial charge in [-0.05, 0) is 52.9 Å². The molecule has 5 nitrogen and oxygen atoms in total. The van der Waals surface area contributed by atoms with Gasteiger partial charge in [-0.2, -0.15) is 0 Å². The van der Waals surface area contributed by atoms with Crippen LogP contribution in [0.15, 0.2) is 97.1 Å². The Bertz CT molecular complexity index is 1290. The molecule has 0 spiro atoms. The molecule has 4 aromatic rings. The summed E-state index contributed by atoms with van der Waals surface area (Å²) in [5, 5.41) is 12.6. The van der Waals surface area contributed by atoms with Crippen molar-refractivity contribution >= 4 is 16.8 Å². The summed E-state index contributed by atoms with van der Waals surface area (Å²) in [6.07, 6.45) is 0.970. The van der Waals surface area contributed by atoms with Crippen molar-refractivity contribution in [3.05, 3.63) is 119 Å². The Labute approximate surface area is 219 Å². The topological polar surface area (TPSA) is 56.4 Å². The molecule has 0 radical (unpaired) electrons. The van der Waals surface area contributed by atoms with E-state index in [0.29, 0.717) is 6.54 Å². The van der Waals surface area contributed by atoms with E-state index in [1.54, 1.807) is 0 Å². The van der Waals surface area contributed by atoms with Gasteiger partial charge in [-0.1, -0.05) is 97.1 Å². The smallest absolute Gasteiger partial charge is 0.318 e. The van der Waals surface area contributed by atoms with Crippen molar-refractivity contribution < 1.29 is 4.79 Å². The average molecular weight is 493 g/mol. The van der Waals surface area contributed by atoms with E-state index in [1.807, 2.05) is 11.0 Å². The number of rotatable bonds is 9. The van der Waals surface area contributed by atoms with Crippen molar-refractivity contribution in [1.29, 1.82) is 0 Å². The van der Waals surface area contributed by atoms with Crippen LogP contribution in [0.4, 0.5) is 4.79 Å². The van der Waals surface area contributed by atoms with Crippen molar-refractivity contribution in [3.63, 3.8) is 0 Å². The van der Waals surface area contributed by atoms with E-state index in [4.69, 9.17) is 0 Å². The van der Waals surface area contributed by atoms with Gasteiger partial charge in [0.25, 0.3) is 0 Å². The van der Waals surface area contributed by atoms with Crippen LogP contribution in [-0.2, 0) is 19.6 Å². The van der Waals surface area contributed by atoms with Crippen molar-refractivity contribution in [3.8, 4) is 0 Å². The Hall–Kier alpha value is -3.67. The summed E-state index contributed by atoms with van der Waals surface area (Å²) < 4.78 is 0. The van der Waals surface area contributed by atoms with Gasteiger partial charge in [-0.15, -0.1) is 0 Å². The lowest BCUT2D eigenvalue weighted by molar-refractivity contribution is 0.172. The largest absolute Gasteiger partial charge is 0.331 e. The van der Waals surface area contributed by atoms with Crippen LogP contribution in [-0.4, -0.2) is 30.1 Å². The van der Waals surface area contributed by atoms with Crippen LogP contribution in [0.1, 0.15) is 41.6 Å². The Morgan fingerprint density at radius 1 is 0.865 bits per heavy atom. The number of fused-ring (bicyclic) bond motifs is 1. The highest BCUT2D eigenvalue weighted by molar-refractivity contribution is 5.86. The van der Waals surface area contributed by atoms with E-state index >= 15 is 0 Å². The predicted molar refractivity (Wildman–Crippen MR) is 151 cm³/mol. The predicted octanol–water partition coefficient (Wildman–Crippen LogP) is 5.76. The number of nitrogens with one attached hydrogen (secondary N) is 3. The number of amides is 2. The molecule has 0 aromatic heterocycles. The molecule has 2 atom stereocenters. The lowest BCUT2D eigenvalue weighted by atomic mass is 10.00. The van der Waals surface area contributed by atoms with Crippen LogP contribution < -0.4 is 16.0 Å². The molecule has 190 valence electrons. The van der Waals surface area contributed by atoms with Gasteiger partial charge < -0.3 is 20.9 Å². The summed E-state index contributed by atoms with van der Waals surface area (Å²) in [6.45, 7) is 6.10. The summed E-state index contributed by atoms with van der Waals surface area (Å²) in [5.41, 5.74) is 4.81. The molecule has 4 aromatic carbocycles. The minimum Gasteiger partial charge on any atom is -0.331 e. The highest BCUT2D eigenvalue weighted by atomic mass is 16.2. The second-order valence-corrected chi connectivity index (χ2v) is 9.92. The second-order valence-electron chi connectivity index (χ2n) is 9.92. The van der Waals surface area contributed by atoms with Crippen molar-refractivity contribution in [2.75, 3.05) is 13.1 Å². The van der Waals surface area contributed by atoms with Gasteiger partial charge >= 0.3 is 6.03 Å². The number of hydrogen-bond donors (Lipinski definition) is 3. The van der Waals surface area contributed by atoms with E-state index in [0.717, 1.165) is 43.7 Å². The molecule has 1 saturated heterocycles. The molecule has 2 unspecified atom stereocenters.